The first-order valence-corrected chi connectivity index (χ1v) is 7.82. The van der Waals surface area contributed by atoms with Gasteiger partial charge in [-0.1, -0.05) is 0 Å². The summed E-state index contributed by atoms with van der Waals surface area (Å²) in [6.45, 7) is 1.71. The molecule has 0 aliphatic rings. The van der Waals surface area contributed by atoms with Crippen LogP contribution in [0, 0.1) is 12.7 Å². The van der Waals surface area contributed by atoms with Gasteiger partial charge in [0.15, 0.2) is 5.78 Å². The van der Waals surface area contributed by atoms with Crippen molar-refractivity contribution in [3.8, 4) is 11.5 Å². The number of anilines is 1. The topological polar surface area (TPSA) is 64.6 Å². The highest BCUT2D eigenvalue weighted by Gasteiger charge is 2.10. The summed E-state index contributed by atoms with van der Waals surface area (Å²) < 4.78 is 23.1. The van der Waals surface area contributed by atoms with Crippen molar-refractivity contribution in [3.63, 3.8) is 0 Å². The Labute approximate surface area is 145 Å². The van der Waals surface area contributed by atoms with E-state index in [1.165, 1.54) is 24.3 Å². The van der Waals surface area contributed by atoms with Gasteiger partial charge in [-0.25, -0.2) is 4.39 Å². The number of carbonyl (C=O) groups excluding carboxylic acids is 2. The molecule has 2 aromatic rings. The fraction of sp³-hybridized carbons (Fsp3) is 0.263. The third-order valence-corrected chi connectivity index (χ3v) is 3.55. The van der Waals surface area contributed by atoms with Gasteiger partial charge in [0.1, 0.15) is 23.9 Å². The van der Waals surface area contributed by atoms with Crippen LogP contribution in [0.1, 0.15) is 18.4 Å². The molecule has 0 saturated heterocycles. The summed E-state index contributed by atoms with van der Waals surface area (Å²) in [5.74, 6) is 0.301. The minimum atomic E-state index is -0.371. The SMILES string of the molecule is COc1ccc(NC(=O)CCC(=O)COc2ccc(F)cc2)c(C)c1. The second-order valence-electron chi connectivity index (χ2n) is 5.51. The van der Waals surface area contributed by atoms with E-state index < -0.39 is 0 Å². The third kappa shape index (κ3) is 5.91. The zero-order chi connectivity index (χ0) is 18.2. The van der Waals surface area contributed by atoms with Crippen LogP contribution in [0.2, 0.25) is 0 Å². The molecular weight excluding hydrogens is 325 g/mol. The first-order valence-electron chi connectivity index (χ1n) is 7.82. The molecule has 6 heteroatoms. The van der Waals surface area contributed by atoms with Crippen molar-refractivity contribution >= 4 is 17.4 Å². The Morgan fingerprint density at radius 1 is 1.04 bits per heavy atom. The number of hydrogen-bond acceptors (Lipinski definition) is 4. The molecule has 0 fully saturated rings. The number of benzene rings is 2. The van der Waals surface area contributed by atoms with Crippen molar-refractivity contribution in [2.45, 2.75) is 19.8 Å². The van der Waals surface area contributed by atoms with E-state index in [0.717, 1.165) is 5.56 Å². The average Bonchev–Trinajstić information content (AvgIpc) is 2.61. The molecule has 2 aromatic carbocycles. The molecule has 132 valence electrons. The van der Waals surface area contributed by atoms with E-state index in [-0.39, 0.29) is 37.0 Å². The molecule has 0 radical (unpaired) electrons. The van der Waals surface area contributed by atoms with Gasteiger partial charge in [-0.05, 0) is 55.0 Å². The number of ketones is 1. The van der Waals surface area contributed by atoms with Gasteiger partial charge in [-0.2, -0.15) is 0 Å². The summed E-state index contributed by atoms with van der Waals surface area (Å²) >= 11 is 0. The molecule has 5 nitrogen and oxygen atoms in total. The molecule has 0 bridgehead atoms. The fourth-order valence-electron chi connectivity index (χ4n) is 2.14. The van der Waals surface area contributed by atoms with E-state index in [4.69, 9.17) is 9.47 Å². The van der Waals surface area contributed by atoms with Gasteiger partial charge in [-0.3, -0.25) is 9.59 Å². The molecule has 2 rings (SSSR count). The van der Waals surface area contributed by atoms with Crippen LogP contribution in [-0.4, -0.2) is 25.4 Å². The van der Waals surface area contributed by atoms with E-state index in [1.807, 2.05) is 13.0 Å². The van der Waals surface area contributed by atoms with Gasteiger partial charge in [0.2, 0.25) is 5.91 Å². The van der Waals surface area contributed by atoms with Gasteiger partial charge in [0.05, 0.1) is 7.11 Å². The largest absolute Gasteiger partial charge is 0.497 e. The third-order valence-electron chi connectivity index (χ3n) is 3.55. The summed E-state index contributed by atoms with van der Waals surface area (Å²) in [4.78, 5) is 23.8. The maximum atomic E-state index is 12.8. The highest BCUT2D eigenvalue weighted by atomic mass is 19.1. The predicted molar refractivity (Wildman–Crippen MR) is 92.5 cm³/mol. The number of carbonyl (C=O) groups is 2. The Balaban J connectivity index is 1.75. The highest BCUT2D eigenvalue weighted by molar-refractivity contribution is 5.94. The number of rotatable bonds is 8. The minimum Gasteiger partial charge on any atom is -0.497 e. The Bertz CT molecular complexity index is 744. The van der Waals surface area contributed by atoms with Crippen molar-refractivity contribution < 1.29 is 23.5 Å². The quantitative estimate of drug-likeness (QED) is 0.795. The van der Waals surface area contributed by atoms with E-state index in [1.54, 1.807) is 19.2 Å². The smallest absolute Gasteiger partial charge is 0.224 e. The van der Waals surface area contributed by atoms with Gasteiger partial charge < -0.3 is 14.8 Å². The van der Waals surface area contributed by atoms with E-state index in [0.29, 0.717) is 17.2 Å². The average molecular weight is 345 g/mol. The van der Waals surface area contributed by atoms with E-state index >= 15 is 0 Å². The molecule has 0 heterocycles. The van der Waals surface area contributed by atoms with Crippen molar-refractivity contribution in [2.75, 3.05) is 19.0 Å². The number of halogens is 1. The van der Waals surface area contributed by atoms with Crippen molar-refractivity contribution in [1.82, 2.24) is 0 Å². The Morgan fingerprint density at radius 2 is 1.72 bits per heavy atom. The maximum absolute atomic E-state index is 12.8. The van der Waals surface area contributed by atoms with Gasteiger partial charge in [0.25, 0.3) is 0 Å². The fourth-order valence-corrected chi connectivity index (χ4v) is 2.14. The first-order chi connectivity index (χ1) is 12.0. The lowest BCUT2D eigenvalue weighted by Crippen LogP contribution is -2.17. The zero-order valence-corrected chi connectivity index (χ0v) is 14.2. The lowest BCUT2D eigenvalue weighted by Gasteiger charge is -2.10. The molecule has 0 aliphatic carbocycles. The van der Waals surface area contributed by atoms with Crippen LogP contribution >= 0.6 is 0 Å². The van der Waals surface area contributed by atoms with Gasteiger partial charge >= 0.3 is 0 Å². The molecule has 0 aliphatic heterocycles. The molecule has 0 spiro atoms. The second kappa shape index (κ2) is 8.82. The number of aryl methyl sites for hydroxylation is 1. The lowest BCUT2D eigenvalue weighted by molar-refractivity contribution is -0.124. The van der Waals surface area contributed by atoms with Crippen LogP contribution in [-0.2, 0) is 9.59 Å². The van der Waals surface area contributed by atoms with Gasteiger partial charge in [0, 0.05) is 18.5 Å². The molecule has 0 saturated carbocycles. The number of hydrogen-bond donors (Lipinski definition) is 1. The molecule has 25 heavy (non-hydrogen) atoms. The van der Waals surface area contributed by atoms with E-state index in [9.17, 15) is 14.0 Å². The number of nitrogens with one attached hydrogen (secondary N) is 1. The highest BCUT2D eigenvalue weighted by Crippen LogP contribution is 2.21. The number of Topliss-reactive ketones (excluding diaryl/α,β-unsaturated/α-hetero) is 1. The summed E-state index contributed by atoms with van der Waals surface area (Å²) in [7, 11) is 1.58. The maximum Gasteiger partial charge on any atom is 0.224 e. The van der Waals surface area contributed by atoms with E-state index in [2.05, 4.69) is 5.32 Å². The molecule has 0 aromatic heterocycles. The Hall–Kier alpha value is -2.89. The normalized spacial score (nSPS) is 10.2. The van der Waals surface area contributed by atoms with Crippen LogP contribution in [0.5, 0.6) is 11.5 Å². The Kier molecular flexibility index (Phi) is 6.51. The van der Waals surface area contributed by atoms with Crippen LogP contribution < -0.4 is 14.8 Å². The monoisotopic (exact) mass is 345 g/mol. The number of amides is 1. The van der Waals surface area contributed by atoms with Crippen LogP contribution in [0.3, 0.4) is 0 Å². The molecular formula is C19H20FNO4. The Morgan fingerprint density at radius 3 is 2.36 bits per heavy atom. The van der Waals surface area contributed by atoms with Crippen molar-refractivity contribution in [2.24, 2.45) is 0 Å². The zero-order valence-electron chi connectivity index (χ0n) is 14.2. The van der Waals surface area contributed by atoms with Gasteiger partial charge in [-0.15, -0.1) is 0 Å². The van der Waals surface area contributed by atoms with Crippen molar-refractivity contribution in [1.29, 1.82) is 0 Å². The molecule has 1 amide bonds. The molecule has 1 N–H and O–H groups in total. The van der Waals surface area contributed by atoms with Crippen LogP contribution in [0.15, 0.2) is 42.5 Å². The summed E-state index contributed by atoms with van der Waals surface area (Å²) in [5, 5.41) is 2.77. The van der Waals surface area contributed by atoms with Crippen LogP contribution in [0.4, 0.5) is 10.1 Å². The minimum absolute atomic E-state index is 0.0665. The molecule has 0 unspecified atom stereocenters. The molecule has 0 atom stereocenters. The standard InChI is InChI=1S/C19H20FNO4/c1-13-11-17(24-2)8-9-18(13)21-19(23)10-5-15(22)12-25-16-6-3-14(20)4-7-16/h3-4,6-9,11H,5,10,12H2,1-2H3,(H,21,23). The second-order valence-corrected chi connectivity index (χ2v) is 5.51. The summed E-state index contributed by atoms with van der Waals surface area (Å²) in [5.41, 5.74) is 1.56. The lowest BCUT2D eigenvalue weighted by atomic mass is 10.1. The summed E-state index contributed by atoms with van der Waals surface area (Å²) in [6, 6.07) is 10.7. The number of methoxy groups -OCH3 is 1. The number of ether oxygens (including phenoxy) is 2. The first kappa shape index (κ1) is 18.4. The summed E-state index contributed by atoms with van der Waals surface area (Å²) in [6.07, 6.45) is 0.138. The predicted octanol–water partition coefficient (Wildman–Crippen LogP) is 3.51. The van der Waals surface area contributed by atoms with Crippen molar-refractivity contribution in [3.05, 3.63) is 53.8 Å². The van der Waals surface area contributed by atoms with Crippen LogP contribution in [0.25, 0.3) is 0 Å².